The summed E-state index contributed by atoms with van der Waals surface area (Å²) in [7, 11) is 1.73. The molecule has 0 spiro atoms. The number of anilines is 1. The van der Waals surface area contributed by atoms with Crippen LogP contribution in [0.2, 0.25) is 0 Å². The Kier molecular flexibility index (Phi) is 7.50. The van der Waals surface area contributed by atoms with Gasteiger partial charge in [0.15, 0.2) is 0 Å². The molecule has 0 saturated carbocycles. The zero-order valence-electron chi connectivity index (χ0n) is 22.4. The summed E-state index contributed by atoms with van der Waals surface area (Å²) < 4.78 is 0. The third kappa shape index (κ3) is 5.24. The fourth-order valence-electron chi connectivity index (χ4n) is 4.28. The number of rotatable bonds is 5. The molecule has 1 N–H and O–H groups in total. The maximum atomic E-state index is 13.8. The number of likely N-dealkylation sites (N-methyl/N-ethyl adjacent to an activating group) is 2. The van der Waals surface area contributed by atoms with Gasteiger partial charge < -0.3 is 5.32 Å². The first kappa shape index (κ1) is 26.8. The number of carbonyl (C=O) groups excluding carboxylic acids is 3. The van der Waals surface area contributed by atoms with Crippen LogP contribution in [0.15, 0.2) is 72.2 Å². The van der Waals surface area contributed by atoms with Crippen molar-refractivity contribution < 1.29 is 24.2 Å². The number of fused-ring (bicyclic) bond motifs is 1. The van der Waals surface area contributed by atoms with Crippen LogP contribution >= 0.6 is 0 Å². The van der Waals surface area contributed by atoms with E-state index in [2.05, 4.69) is 10.3 Å². The molecule has 1 aliphatic heterocycles. The number of aromatic nitrogens is 1. The van der Waals surface area contributed by atoms with E-state index in [0.717, 1.165) is 21.9 Å². The minimum atomic E-state index is -0.945. The van der Waals surface area contributed by atoms with Crippen molar-refractivity contribution in [3.8, 4) is 0 Å². The molecule has 38 heavy (non-hydrogen) atoms. The Morgan fingerprint density at radius 2 is 1.71 bits per heavy atom. The van der Waals surface area contributed by atoms with E-state index >= 15 is 0 Å². The highest BCUT2D eigenvalue weighted by molar-refractivity contribution is 6.08. The van der Waals surface area contributed by atoms with Gasteiger partial charge in [-0.15, -0.1) is 0 Å². The van der Waals surface area contributed by atoms with Gasteiger partial charge in [0.05, 0.1) is 28.9 Å². The molecule has 1 atom stereocenters. The minimum absolute atomic E-state index is 0.0145. The average molecular weight is 517 g/mol. The number of carbonyl (C=O) groups is 3. The molecule has 1 aliphatic rings. The van der Waals surface area contributed by atoms with Gasteiger partial charge in [0.25, 0.3) is 5.91 Å². The van der Waals surface area contributed by atoms with Crippen LogP contribution in [0.25, 0.3) is 10.8 Å². The van der Waals surface area contributed by atoms with Crippen LogP contribution < -0.4 is 5.32 Å². The Morgan fingerprint density at radius 3 is 2.37 bits per heavy atom. The molecule has 3 aromatic rings. The van der Waals surface area contributed by atoms with Crippen LogP contribution in [0.3, 0.4) is 0 Å². The molecule has 0 saturated heterocycles. The first-order valence-corrected chi connectivity index (χ1v) is 12.4. The van der Waals surface area contributed by atoms with Gasteiger partial charge in [-0.05, 0) is 40.2 Å². The molecule has 4 rings (SSSR count). The molecule has 198 valence electrons. The van der Waals surface area contributed by atoms with Crippen molar-refractivity contribution in [3.05, 3.63) is 83.3 Å². The van der Waals surface area contributed by atoms with E-state index in [9.17, 15) is 14.4 Å². The van der Waals surface area contributed by atoms with Crippen LogP contribution in [0.5, 0.6) is 0 Å². The topological polar surface area (TPSA) is 101 Å². The van der Waals surface area contributed by atoms with Gasteiger partial charge in [-0.25, -0.2) is 24.4 Å². The van der Waals surface area contributed by atoms with E-state index in [4.69, 9.17) is 9.78 Å². The summed E-state index contributed by atoms with van der Waals surface area (Å²) >= 11 is 0. The fourth-order valence-corrected chi connectivity index (χ4v) is 4.28. The van der Waals surface area contributed by atoms with Gasteiger partial charge in [-0.3, -0.25) is 14.8 Å². The molecule has 0 bridgehead atoms. The first-order valence-electron chi connectivity index (χ1n) is 12.4. The monoisotopic (exact) mass is 516 g/mol. The van der Waals surface area contributed by atoms with Crippen molar-refractivity contribution in [2.75, 3.05) is 18.9 Å². The summed E-state index contributed by atoms with van der Waals surface area (Å²) in [5.41, 5.74) is 1.49. The summed E-state index contributed by atoms with van der Waals surface area (Å²) in [5, 5.41) is 8.11. The van der Waals surface area contributed by atoms with E-state index in [1.807, 2.05) is 62.4 Å². The number of aryl methyl sites for hydroxylation is 1. The van der Waals surface area contributed by atoms with Gasteiger partial charge >= 0.3 is 11.9 Å². The van der Waals surface area contributed by atoms with Crippen molar-refractivity contribution in [2.45, 2.75) is 40.7 Å². The van der Waals surface area contributed by atoms with Crippen molar-refractivity contribution in [1.82, 2.24) is 15.0 Å². The van der Waals surface area contributed by atoms with E-state index < -0.39 is 29.3 Å². The van der Waals surface area contributed by atoms with Crippen LogP contribution in [-0.4, -0.2) is 46.4 Å². The predicted molar refractivity (Wildman–Crippen MR) is 143 cm³/mol. The summed E-state index contributed by atoms with van der Waals surface area (Å²) in [6, 6.07) is 14.5. The number of nitrogens with one attached hydrogen (secondary N) is 1. The Balaban J connectivity index is 1.88. The number of hydrogen-bond acceptors (Lipinski definition) is 8. The SMILES string of the molecule is CCN1C(=O)C(Nc2cncc3ccccc23)=C(C(=O)OOC(=O)C(C)(C)C)C(c2ccc(C)cc2)N1C. The summed E-state index contributed by atoms with van der Waals surface area (Å²) in [4.78, 5) is 54.0. The average Bonchev–Trinajstić information content (AvgIpc) is 2.89. The quantitative estimate of drug-likeness (QED) is 0.385. The molecule has 1 unspecified atom stereocenters. The predicted octanol–water partition coefficient (Wildman–Crippen LogP) is 4.71. The van der Waals surface area contributed by atoms with Crippen LogP contribution in [0, 0.1) is 12.3 Å². The zero-order chi connectivity index (χ0) is 27.6. The third-order valence-electron chi connectivity index (χ3n) is 6.39. The molecular formula is C29H32N4O5. The van der Waals surface area contributed by atoms with Gasteiger partial charge in [0.1, 0.15) is 5.70 Å². The van der Waals surface area contributed by atoms with Gasteiger partial charge in [-0.1, -0.05) is 54.1 Å². The van der Waals surface area contributed by atoms with E-state index in [1.54, 1.807) is 50.2 Å². The fraction of sp³-hybridized carbons (Fsp3) is 0.310. The van der Waals surface area contributed by atoms with E-state index in [0.29, 0.717) is 12.2 Å². The molecule has 0 fully saturated rings. The summed E-state index contributed by atoms with van der Waals surface area (Å²) in [6.45, 7) is 9.12. The minimum Gasteiger partial charge on any atom is -0.349 e. The summed E-state index contributed by atoms with van der Waals surface area (Å²) in [6.07, 6.45) is 3.32. The number of nitrogens with zero attached hydrogens (tertiary/aromatic N) is 3. The molecular weight excluding hydrogens is 484 g/mol. The Hall–Kier alpha value is -4.24. The van der Waals surface area contributed by atoms with Crippen LogP contribution in [-0.2, 0) is 24.2 Å². The maximum absolute atomic E-state index is 13.8. The first-order chi connectivity index (χ1) is 18.0. The highest BCUT2D eigenvalue weighted by atomic mass is 17.2. The summed E-state index contributed by atoms with van der Waals surface area (Å²) in [5.74, 6) is -2.09. The molecule has 9 nitrogen and oxygen atoms in total. The van der Waals surface area contributed by atoms with Crippen LogP contribution in [0.4, 0.5) is 5.69 Å². The van der Waals surface area contributed by atoms with E-state index in [-0.39, 0.29) is 11.3 Å². The van der Waals surface area contributed by atoms with Crippen molar-refractivity contribution in [1.29, 1.82) is 0 Å². The lowest BCUT2D eigenvalue weighted by Gasteiger charge is -2.42. The molecule has 1 amide bonds. The Morgan fingerprint density at radius 1 is 1.03 bits per heavy atom. The lowest BCUT2D eigenvalue weighted by molar-refractivity contribution is -0.262. The normalized spacial score (nSPS) is 16.5. The molecule has 2 heterocycles. The van der Waals surface area contributed by atoms with Crippen molar-refractivity contribution >= 4 is 34.3 Å². The Labute approximate surface area is 221 Å². The highest BCUT2D eigenvalue weighted by Crippen LogP contribution is 2.38. The van der Waals surface area contributed by atoms with Gasteiger partial charge in [0, 0.05) is 30.6 Å². The van der Waals surface area contributed by atoms with E-state index in [1.165, 1.54) is 0 Å². The molecule has 2 aromatic carbocycles. The second-order valence-electron chi connectivity index (χ2n) is 10.2. The number of amides is 1. The smallest absolute Gasteiger partial charge is 0.349 e. The number of pyridine rings is 1. The number of hydrazine groups is 1. The maximum Gasteiger partial charge on any atom is 0.386 e. The lowest BCUT2D eigenvalue weighted by Crippen LogP contribution is -2.53. The lowest BCUT2D eigenvalue weighted by atomic mass is 9.93. The molecule has 1 aromatic heterocycles. The highest BCUT2D eigenvalue weighted by Gasteiger charge is 2.43. The van der Waals surface area contributed by atoms with Crippen LogP contribution in [0.1, 0.15) is 44.9 Å². The van der Waals surface area contributed by atoms with Gasteiger partial charge in [-0.2, -0.15) is 0 Å². The molecule has 0 aliphatic carbocycles. The largest absolute Gasteiger partial charge is 0.386 e. The molecule has 0 radical (unpaired) electrons. The second-order valence-corrected chi connectivity index (χ2v) is 10.2. The zero-order valence-corrected chi connectivity index (χ0v) is 22.4. The second kappa shape index (κ2) is 10.6. The van der Waals surface area contributed by atoms with Crippen molar-refractivity contribution in [3.63, 3.8) is 0 Å². The third-order valence-corrected chi connectivity index (χ3v) is 6.39. The standard InChI is InChI=1S/C29H32N4O5/c1-7-33-26(34)24(31-22-17-30-16-20-10-8-9-11-21(20)22)23(27(35)37-38-28(36)29(3,4)5)25(32(33)6)19-14-12-18(2)13-15-19/h8-17,25,31H,7H2,1-6H3. The number of hydrogen-bond donors (Lipinski definition) is 1. The van der Waals surface area contributed by atoms with Crippen molar-refractivity contribution in [2.24, 2.45) is 5.41 Å². The Bertz CT molecular complexity index is 1400. The molecule has 9 heteroatoms. The van der Waals surface area contributed by atoms with Gasteiger partial charge in [0.2, 0.25) is 0 Å². The number of benzene rings is 2.